The van der Waals surface area contributed by atoms with Gasteiger partial charge in [-0.05, 0) is 24.1 Å². The summed E-state index contributed by atoms with van der Waals surface area (Å²) >= 11 is 0. The highest BCUT2D eigenvalue weighted by Crippen LogP contribution is 2.18. The summed E-state index contributed by atoms with van der Waals surface area (Å²) in [6, 6.07) is 18.9. The van der Waals surface area contributed by atoms with Gasteiger partial charge in [0.2, 0.25) is 0 Å². The van der Waals surface area contributed by atoms with E-state index in [1.54, 1.807) is 6.07 Å². The molecule has 2 aromatic carbocycles. The smallest absolute Gasteiger partial charge is 0.269 e. The van der Waals surface area contributed by atoms with Gasteiger partial charge in [0.1, 0.15) is 5.69 Å². The monoisotopic (exact) mass is 321 g/mol. The van der Waals surface area contributed by atoms with Crippen LogP contribution in [0.25, 0.3) is 11.3 Å². The predicted octanol–water partition coefficient (Wildman–Crippen LogP) is 2.85. The quantitative estimate of drug-likeness (QED) is 0.676. The van der Waals surface area contributed by atoms with Crippen molar-refractivity contribution in [1.82, 2.24) is 15.5 Å². The fourth-order valence-electron chi connectivity index (χ4n) is 2.55. The van der Waals surface area contributed by atoms with Crippen molar-refractivity contribution in [2.24, 2.45) is 0 Å². The third-order valence-corrected chi connectivity index (χ3v) is 3.90. The number of H-pyrrole nitrogens is 1. The third kappa shape index (κ3) is 3.52. The highest BCUT2D eigenvalue weighted by Gasteiger charge is 2.14. The van der Waals surface area contributed by atoms with Crippen molar-refractivity contribution in [3.8, 4) is 11.3 Å². The zero-order valence-electron chi connectivity index (χ0n) is 13.4. The lowest BCUT2D eigenvalue weighted by Crippen LogP contribution is -2.28. The molecule has 1 atom stereocenters. The van der Waals surface area contributed by atoms with Gasteiger partial charge in [0.05, 0.1) is 11.8 Å². The zero-order valence-corrected chi connectivity index (χ0v) is 13.4. The van der Waals surface area contributed by atoms with E-state index in [0.29, 0.717) is 11.4 Å². The number of hydrogen-bond acceptors (Lipinski definition) is 3. The number of rotatable bonds is 5. The highest BCUT2D eigenvalue weighted by atomic mass is 16.3. The Balaban J connectivity index is 1.64. The van der Waals surface area contributed by atoms with E-state index in [9.17, 15) is 9.90 Å². The Morgan fingerprint density at radius 1 is 1.17 bits per heavy atom. The van der Waals surface area contributed by atoms with E-state index in [1.165, 1.54) is 0 Å². The second-order valence-corrected chi connectivity index (χ2v) is 5.62. The lowest BCUT2D eigenvalue weighted by atomic mass is 10.0. The summed E-state index contributed by atoms with van der Waals surface area (Å²) in [5.41, 5.74) is 3.82. The molecule has 0 aliphatic carbocycles. The summed E-state index contributed by atoms with van der Waals surface area (Å²) in [6.07, 6.45) is -0.744. The van der Waals surface area contributed by atoms with E-state index in [1.807, 2.05) is 61.5 Å². The SMILES string of the molecule is Cc1ccccc1C(O)CNC(=O)c1cc(-c2ccccc2)n[nH]1. The van der Waals surface area contributed by atoms with Gasteiger partial charge in [0.25, 0.3) is 5.91 Å². The summed E-state index contributed by atoms with van der Waals surface area (Å²) in [5.74, 6) is -0.294. The van der Waals surface area contributed by atoms with Gasteiger partial charge in [0.15, 0.2) is 0 Å². The molecule has 0 radical (unpaired) electrons. The van der Waals surface area contributed by atoms with Gasteiger partial charge >= 0.3 is 0 Å². The molecule has 0 bridgehead atoms. The number of aromatic amines is 1. The van der Waals surface area contributed by atoms with Gasteiger partial charge in [-0.3, -0.25) is 9.89 Å². The maximum Gasteiger partial charge on any atom is 0.269 e. The molecular formula is C19H19N3O2. The van der Waals surface area contributed by atoms with Crippen molar-refractivity contribution in [3.05, 3.63) is 77.5 Å². The Labute approximate surface area is 140 Å². The van der Waals surface area contributed by atoms with Crippen LogP contribution in [0.3, 0.4) is 0 Å². The van der Waals surface area contributed by atoms with Crippen LogP contribution >= 0.6 is 0 Å². The fraction of sp³-hybridized carbons (Fsp3) is 0.158. The van der Waals surface area contributed by atoms with Crippen LogP contribution in [0.2, 0.25) is 0 Å². The van der Waals surface area contributed by atoms with E-state index in [-0.39, 0.29) is 12.5 Å². The molecule has 1 amide bonds. The normalized spacial score (nSPS) is 11.9. The molecular weight excluding hydrogens is 302 g/mol. The maximum absolute atomic E-state index is 12.2. The van der Waals surface area contributed by atoms with Crippen molar-refractivity contribution < 1.29 is 9.90 Å². The first-order chi connectivity index (χ1) is 11.6. The number of aryl methyl sites for hydroxylation is 1. The minimum absolute atomic E-state index is 0.142. The second-order valence-electron chi connectivity index (χ2n) is 5.62. The molecule has 0 saturated carbocycles. The topological polar surface area (TPSA) is 78.0 Å². The standard InChI is InChI=1S/C19H19N3O2/c1-13-7-5-6-10-15(13)18(23)12-20-19(24)17-11-16(21-22-17)14-8-3-2-4-9-14/h2-11,18,23H,12H2,1H3,(H,20,24)(H,21,22). The van der Waals surface area contributed by atoms with Crippen LogP contribution in [-0.4, -0.2) is 27.8 Å². The molecule has 0 aliphatic heterocycles. The van der Waals surface area contributed by atoms with Crippen molar-refractivity contribution in [2.45, 2.75) is 13.0 Å². The van der Waals surface area contributed by atoms with Gasteiger partial charge < -0.3 is 10.4 Å². The fourth-order valence-corrected chi connectivity index (χ4v) is 2.55. The predicted molar refractivity (Wildman–Crippen MR) is 92.5 cm³/mol. The molecule has 3 N–H and O–H groups in total. The summed E-state index contributed by atoms with van der Waals surface area (Å²) in [5, 5.41) is 19.9. The summed E-state index contributed by atoms with van der Waals surface area (Å²) < 4.78 is 0. The number of nitrogens with zero attached hydrogens (tertiary/aromatic N) is 1. The Kier molecular flexibility index (Phi) is 4.72. The summed E-state index contributed by atoms with van der Waals surface area (Å²) in [4.78, 5) is 12.2. The van der Waals surface area contributed by atoms with Crippen LogP contribution in [0, 0.1) is 6.92 Å². The van der Waals surface area contributed by atoms with Gasteiger partial charge in [-0.25, -0.2) is 0 Å². The number of carbonyl (C=O) groups excluding carboxylic acids is 1. The van der Waals surface area contributed by atoms with Crippen LogP contribution in [0.15, 0.2) is 60.7 Å². The first-order valence-corrected chi connectivity index (χ1v) is 7.78. The molecule has 3 rings (SSSR count). The molecule has 3 aromatic rings. The van der Waals surface area contributed by atoms with Crippen LogP contribution in [0.4, 0.5) is 0 Å². The summed E-state index contributed by atoms with van der Waals surface area (Å²) in [7, 11) is 0. The minimum Gasteiger partial charge on any atom is -0.387 e. The summed E-state index contributed by atoms with van der Waals surface area (Å²) in [6.45, 7) is 2.07. The van der Waals surface area contributed by atoms with Gasteiger partial charge in [-0.15, -0.1) is 0 Å². The second kappa shape index (κ2) is 7.10. The Bertz CT molecular complexity index is 827. The Morgan fingerprint density at radius 2 is 1.88 bits per heavy atom. The average molecular weight is 321 g/mol. The first-order valence-electron chi connectivity index (χ1n) is 7.78. The van der Waals surface area contributed by atoms with Crippen LogP contribution in [0.5, 0.6) is 0 Å². The van der Waals surface area contributed by atoms with Crippen molar-refractivity contribution >= 4 is 5.91 Å². The number of aromatic nitrogens is 2. The first kappa shape index (κ1) is 16.0. The maximum atomic E-state index is 12.2. The zero-order chi connectivity index (χ0) is 16.9. The van der Waals surface area contributed by atoms with E-state index in [2.05, 4.69) is 15.5 Å². The highest BCUT2D eigenvalue weighted by molar-refractivity contribution is 5.93. The van der Waals surface area contributed by atoms with E-state index in [4.69, 9.17) is 0 Å². The third-order valence-electron chi connectivity index (χ3n) is 3.90. The molecule has 0 spiro atoms. The van der Waals surface area contributed by atoms with Gasteiger partial charge in [-0.2, -0.15) is 5.10 Å². The van der Waals surface area contributed by atoms with Crippen LogP contribution in [0.1, 0.15) is 27.7 Å². The Morgan fingerprint density at radius 3 is 2.62 bits per heavy atom. The van der Waals surface area contributed by atoms with Crippen molar-refractivity contribution in [1.29, 1.82) is 0 Å². The molecule has 1 heterocycles. The number of carbonyl (C=O) groups is 1. The number of hydrogen-bond donors (Lipinski definition) is 3. The molecule has 1 unspecified atom stereocenters. The number of benzene rings is 2. The molecule has 0 aliphatic rings. The molecule has 0 fully saturated rings. The number of nitrogens with one attached hydrogen (secondary N) is 2. The molecule has 122 valence electrons. The van der Waals surface area contributed by atoms with E-state index in [0.717, 1.165) is 16.7 Å². The molecule has 5 nitrogen and oxygen atoms in total. The average Bonchev–Trinajstić information content (AvgIpc) is 3.11. The van der Waals surface area contributed by atoms with Crippen LogP contribution < -0.4 is 5.32 Å². The largest absolute Gasteiger partial charge is 0.387 e. The lowest BCUT2D eigenvalue weighted by Gasteiger charge is -2.14. The Hall–Kier alpha value is -2.92. The number of aliphatic hydroxyl groups excluding tert-OH is 1. The van der Waals surface area contributed by atoms with Crippen molar-refractivity contribution in [2.75, 3.05) is 6.54 Å². The van der Waals surface area contributed by atoms with Crippen LogP contribution in [-0.2, 0) is 0 Å². The van der Waals surface area contributed by atoms with Crippen molar-refractivity contribution in [3.63, 3.8) is 0 Å². The number of amides is 1. The molecule has 0 saturated heterocycles. The number of aliphatic hydroxyl groups is 1. The lowest BCUT2D eigenvalue weighted by molar-refractivity contribution is 0.0911. The minimum atomic E-state index is -0.744. The van der Waals surface area contributed by atoms with Gasteiger partial charge in [0, 0.05) is 12.1 Å². The molecule has 1 aromatic heterocycles. The molecule has 5 heteroatoms. The molecule has 24 heavy (non-hydrogen) atoms. The van der Waals surface area contributed by atoms with Gasteiger partial charge in [-0.1, -0.05) is 54.6 Å². The van der Waals surface area contributed by atoms with E-state index >= 15 is 0 Å². The van der Waals surface area contributed by atoms with E-state index < -0.39 is 6.10 Å².